The number of aliphatic hydroxyl groups excluding tert-OH is 1. The molecule has 0 amide bonds. The lowest BCUT2D eigenvalue weighted by molar-refractivity contribution is -0.0115. The molecule has 0 aromatic heterocycles. The Balaban J connectivity index is 1.80. The van der Waals surface area contributed by atoms with Crippen LogP contribution in [0.1, 0.15) is 29.5 Å². The predicted molar refractivity (Wildman–Crippen MR) is 104 cm³/mol. The van der Waals surface area contributed by atoms with Gasteiger partial charge in [-0.2, -0.15) is 11.8 Å². The summed E-state index contributed by atoms with van der Waals surface area (Å²) < 4.78 is 5.95. The van der Waals surface area contributed by atoms with Crippen molar-refractivity contribution in [2.45, 2.75) is 38.9 Å². The van der Waals surface area contributed by atoms with E-state index >= 15 is 0 Å². The molecular weight excluding hydrogens is 332 g/mol. The maximum absolute atomic E-state index is 10.6. The van der Waals surface area contributed by atoms with Gasteiger partial charge in [0.2, 0.25) is 0 Å². The molecule has 1 fully saturated rings. The van der Waals surface area contributed by atoms with E-state index in [1.54, 1.807) is 0 Å². The Morgan fingerprint density at radius 1 is 1.08 bits per heavy atom. The van der Waals surface area contributed by atoms with Crippen LogP contribution >= 0.6 is 11.8 Å². The molecule has 2 aromatic rings. The molecule has 3 nitrogen and oxygen atoms in total. The first kappa shape index (κ1) is 18.3. The lowest BCUT2D eigenvalue weighted by atomic mass is 9.94. The zero-order chi connectivity index (χ0) is 17.9. The van der Waals surface area contributed by atoms with Crippen LogP contribution < -0.4 is 4.74 Å². The van der Waals surface area contributed by atoms with Crippen LogP contribution in [0.3, 0.4) is 0 Å². The fraction of sp³-hybridized carbons (Fsp3) is 0.429. The van der Waals surface area contributed by atoms with Gasteiger partial charge in [0.05, 0.1) is 6.61 Å². The van der Waals surface area contributed by atoms with Crippen LogP contribution in [-0.2, 0) is 6.61 Å². The molecule has 2 aromatic carbocycles. The number of rotatable bonds is 5. The van der Waals surface area contributed by atoms with Crippen LogP contribution in [0.15, 0.2) is 36.4 Å². The third kappa shape index (κ3) is 4.38. The number of benzene rings is 2. The van der Waals surface area contributed by atoms with E-state index in [0.29, 0.717) is 6.61 Å². The van der Waals surface area contributed by atoms with Crippen molar-refractivity contribution in [2.24, 2.45) is 0 Å². The quantitative estimate of drug-likeness (QED) is 0.845. The molecular formula is C21H26O3S. The van der Waals surface area contributed by atoms with Crippen LogP contribution in [0.5, 0.6) is 5.75 Å². The van der Waals surface area contributed by atoms with Crippen molar-refractivity contribution in [3.63, 3.8) is 0 Å². The standard InChI is InChI=1S/C21H26O3S/c1-15-10-19(24-14-21(23)6-8-25-9-7-21)11-16(2)20(15)18-5-3-4-17(12-18)13-22/h3-5,10-12,22-23H,6-9,13-14H2,1-2H3. The Labute approximate surface area is 154 Å². The molecule has 25 heavy (non-hydrogen) atoms. The monoisotopic (exact) mass is 358 g/mol. The molecule has 1 heterocycles. The molecule has 3 rings (SSSR count). The largest absolute Gasteiger partial charge is 0.491 e. The summed E-state index contributed by atoms with van der Waals surface area (Å²) in [5.41, 5.74) is 4.77. The maximum Gasteiger partial charge on any atom is 0.120 e. The molecule has 0 spiro atoms. The number of ether oxygens (including phenoxy) is 1. The Kier molecular flexibility index (Phi) is 5.72. The van der Waals surface area contributed by atoms with Gasteiger partial charge in [-0.05, 0) is 84.2 Å². The highest BCUT2D eigenvalue weighted by Crippen LogP contribution is 2.33. The van der Waals surface area contributed by atoms with Gasteiger partial charge in [-0.25, -0.2) is 0 Å². The molecule has 1 saturated heterocycles. The fourth-order valence-electron chi connectivity index (χ4n) is 3.40. The van der Waals surface area contributed by atoms with E-state index in [4.69, 9.17) is 4.74 Å². The summed E-state index contributed by atoms with van der Waals surface area (Å²) in [5, 5.41) is 20.0. The topological polar surface area (TPSA) is 49.7 Å². The normalized spacial score (nSPS) is 16.6. The van der Waals surface area contributed by atoms with E-state index in [1.807, 2.05) is 42.1 Å². The van der Waals surface area contributed by atoms with Crippen LogP contribution in [0, 0.1) is 13.8 Å². The molecule has 0 aliphatic carbocycles. The van der Waals surface area contributed by atoms with Crippen LogP contribution in [0.2, 0.25) is 0 Å². The van der Waals surface area contributed by atoms with Crippen molar-refractivity contribution in [3.8, 4) is 16.9 Å². The van der Waals surface area contributed by atoms with Crippen molar-refractivity contribution < 1.29 is 14.9 Å². The highest BCUT2D eigenvalue weighted by molar-refractivity contribution is 7.99. The van der Waals surface area contributed by atoms with Gasteiger partial charge in [0, 0.05) is 0 Å². The van der Waals surface area contributed by atoms with E-state index in [9.17, 15) is 10.2 Å². The second-order valence-electron chi connectivity index (χ2n) is 6.92. The first-order valence-electron chi connectivity index (χ1n) is 8.75. The molecule has 134 valence electrons. The summed E-state index contributed by atoms with van der Waals surface area (Å²) in [6, 6.07) is 12.1. The van der Waals surface area contributed by atoms with E-state index in [1.165, 1.54) is 5.56 Å². The lowest BCUT2D eigenvalue weighted by Gasteiger charge is -2.31. The number of aryl methyl sites for hydroxylation is 2. The molecule has 0 saturated carbocycles. The number of hydrogen-bond donors (Lipinski definition) is 2. The summed E-state index contributed by atoms with van der Waals surface area (Å²) >= 11 is 1.89. The zero-order valence-corrected chi connectivity index (χ0v) is 15.7. The van der Waals surface area contributed by atoms with Gasteiger partial charge in [-0.15, -0.1) is 0 Å². The molecule has 0 atom stereocenters. The van der Waals surface area contributed by atoms with Crippen molar-refractivity contribution >= 4 is 11.8 Å². The summed E-state index contributed by atoms with van der Waals surface area (Å²) in [7, 11) is 0. The molecule has 0 radical (unpaired) electrons. The van der Waals surface area contributed by atoms with Crippen molar-refractivity contribution in [2.75, 3.05) is 18.1 Å². The molecule has 1 aliphatic rings. The Morgan fingerprint density at radius 2 is 1.76 bits per heavy atom. The number of aliphatic hydroxyl groups is 2. The van der Waals surface area contributed by atoms with Crippen molar-refractivity contribution in [1.29, 1.82) is 0 Å². The van der Waals surface area contributed by atoms with Gasteiger partial charge in [-0.1, -0.05) is 18.2 Å². The van der Waals surface area contributed by atoms with Crippen LogP contribution in [0.25, 0.3) is 11.1 Å². The molecule has 0 bridgehead atoms. The minimum absolute atomic E-state index is 0.0456. The SMILES string of the molecule is Cc1cc(OCC2(O)CCSCC2)cc(C)c1-c1cccc(CO)c1. The molecule has 1 aliphatic heterocycles. The highest BCUT2D eigenvalue weighted by atomic mass is 32.2. The number of hydrogen-bond acceptors (Lipinski definition) is 4. The van der Waals surface area contributed by atoms with Gasteiger partial charge in [-0.3, -0.25) is 0 Å². The minimum Gasteiger partial charge on any atom is -0.491 e. The van der Waals surface area contributed by atoms with E-state index < -0.39 is 5.60 Å². The first-order valence-corrected chi connectivity index (χ1v) is 9.90. The van der Waals surface area contributed by atoms with Gasteiger partial charge in [0.25, 0.3) is 0 Å². The Hall–Kier alpha value is -1.49. The molecule has 2 N–H and O–H groups in total. The predicted octanol–water partition coefficient (Wildman–Crippen LogP) is 4.10. The highest BCUT2D eigenvalue weighted by Gasteiger charge is 2.30. The van der Waals surface area contributed by atoms with E-state index in [-0.39, 0.29) is 6.61 Å². The lowest BCUT2D eigenvalue weighted by Crippen LogP contribution is -2.39. The Bertz CT molecular complexity index is 713. The third-order valence-corrected chi connectivity index (χ3v) is 5.82. The maximum atomic E-state index is 10.6. The van der Waals surface area contributed by atoms with Crippen molar-refractivity contribution in [1.82, 2.24) is 0 Å². The van der Waals surface area contributed by atoms with E-state index in [0.717, 1.165) is 52.4 Å². The minimum atomic E-state index is -0.693. The fourth-order valence-corrected chi connectivity index (χ4v) is 4.65. The number of thioether (sulfide) groups is 1. The summed E-state index contributed by atoms with van der Waals surface area (Å²) in [6.45, 7) is 4.55. The first-order chi connectivity index (χ1) is 12.0. The summed E-state index contributed by atoms with van der Waals surface area (Å²) in [4.78, 5) is 0. The molecule has 0 unspecified atom stereocenters. The molecule has 4 heteroatoms. The zero-order valence-electron chi connectivity index (χ0n) is 14.9. The third-order valence-electron chi connectivity index (χ3n) is 4.84. The van der Waals surface area contributed by atoms with Crippen LogP contribution in [-0.4, -0.2) is 33.9 Å². The Morgan fingerprint density at radius 3 is 2.40 bits per heavy atom. The van der Waals surface area contributed by atoms with E-state index in [2.05, 4.69) is 19.9 Å². The van der Waals surface area contributed by atoms with Gasteiger partial charge in [0.15, 0.2) is 0 Å². The van der Waals surface area contributed by atoms with Gasteiger partial charge in [0.1, 0.15) is 18.0 Å². The van der Waals surface area contributed by atoms with Gasteiger partial charge >= 0.3 is 0 Å². The van der Waals surface area contributed by atoms with Crippen LogP contribution in [0.4, 0.5) is 0 Å². The second kappa shape index (κ2) is 7.81. The summed E-state index contributed by atoms with van der Waals surface area (Å²) in [6.07, 6.45) is 1.59. The average Bonchev–Trinajstić information content (AvgIpc) is 2.60. The average molecular weight is 359 g/mol. The summed E-state index contributed by atoms with van der Waals surface area (Å²) in [5.74, 6) is 2.81. The van der Waals surface area contributed by atoms with Gasteiger partial charge < -0.3 is 14.9 Å². The smallest absolute Gasteiger partial charge is 0.120 e. The van der Waals surface area contributed by atoms with Crippen molar-refractivity contribution in [3.05, 3.63) is 53.1 Å². The second-order valence-corrected chi connectivity index (χ2v) is 8.14.